The summed E-state index contributed by atoms with van der Waals surface area (Å²) < 4.78 is 0. The van der Waals surface area contributed by atoms with Crippen molar-refractivity contribution in [3.8, 4) is 0 Å². The predicted molar refractivity (Wildman–Crippen MR) is 78.4 cm³/mol. The Labute approximate surface area is 118 Å². The summed E-state index contributed by atoms with van der Waals surface area (Å²) in [6, 6.07) is 12.0. The Bertz CT molecular complexity index is 622. The molecule has 1 aromatic heterocycles. The van der Waals surface area contributed by atoms with E-state index in [9.17, 15) is 4.79 Å². The molecule has 0 saturated heterocycles. The van der Waals surface area contributed by atoms with Gasteiger partial charge in [0.15, 0.2) is 0 Å². The SMILES string of the molecule is Nc1ccc(C(=O)NC2CCc3ccccc3C2)cn1. The zero-order chi connectivity index (χ0) is 13.9. The summed E-state index contributed by atoms with van der Waals surface area (Å²) in [6.07, 6.45) is 4.40. The lowest BCUT2D eigenvalue weighted by Gasteiger charge is -2.25. The van der Waals surface area contributed by atoms with Crippen LogP contribution in [0.2, 0.25) is 0 Å². The van der Waals surface area contributed by atoms with Crippen LogP contribution in [0.4, 0.5) is 5.82 Å². The summed E-state index contributed by atoms with van der Waals surface area (Å²) in [4.78, 5) is 16.1. The monoisotopic (exact) mass is 267 g/mol. The first-order valence-electron chi connectivity index (χ1n) is 6.81. The quantitative estimate of drug-likeness (QED) is 0.874. The van der Waals surface area contributed by atoms with Gasteiger partial charge >= 0.3 is 0 Å². The first-order chi connectivity index (χ1) is 9.72. The number of carbonyl (C=O) groups excluding carboxylic acids is 1. The van der Waals surface area contributed by atoms with Crippen molar-refractivity contribution < 1.29 is 4.79 Å². The summed E-state index contributed by atoms with van der Waals surface area (Å²) in [5.41, 5.74) is 8.80. The average Bonchev–Trinajstić information content (AvgIpc) is 2.48. The lowest BCUT2D eigenvalue weighted by Crippen LogP contribution is -2.38. The van der Waals surface area contributed by atoms with Gasteiger partial charge in [0, 0.05) is 12.2 Å². The van der Waals surface area contributed by atoms with E-state index >= 15 is 0 Å². The van der Waals surface area contributed by atoms with Crippen molar-refractivity contribution in [2.24, 2.45) is 0 Å². The van der Waals surface area contributed by atoms with E-state index in [0.717, 1.165) is 19.3 Å². The molecule has 4 nitrogen and oxygen atoms in total. The largest absolute Gasteiger partial charge is 0.384 e. The zero-order valence-electron chi connectivity index (χ0n) is 11.2. The van der Waals surface area contributed by atoms with Gasteiger partial charge in [-0.05, 0) is 42.5 Å². The van der Waals surface area contributed by atoms with E-state index in [1.807, 2.05) is 6.07 Å². The maximum Gasteiger partial charge on any atom is 0.253 e. The normalized spacial score (nSPS) is 17.3. The van der Waals surface area contributed by atoms with Crippen molar-refractivity contribution >= 4 is 11.7 Å². The smallest absolute Gasteiger partial charge is 0.253 e. The number of anilines is 1. The van der Waals surface area contributed by atoms with Gasteiger partial charge < -0.3 is 11.1 Å². The maximum absolute atomic E-state index is 12.1. The molecule has 2 aromatic rings. The number of nitrogen functional groups attached to an aromatic ring is 1. The number of hydrogen-bond acceptors (Lipinski definition) is 3. The van der Waals surface area contributed by atoms with E-state index in [2.05, 4.69) is 28.5 Å². The summed E-state index contributed by atoms with van der Waals surface area (Å²) in [7, 11) is 0. The second kappa shape index (κ2) is 5.33. The van der Waals surface area contributed by atoms with Gasteiger partial charge in [0.1, 0.15) is 5.82 Å². The molecule has 1 unspecified atom stereocenters. The fraction of sp³-hybridized carbons (Fsp3) is 0.250. The Hall–Kier alpha value is -2.36. The minimum absolute atomic E-state index is 0.0816. The number of nitrogens with two attached hydrogens (primary N) is 1. The third-order valence-corrected chi connectivity index (χ3v) is 3.73. The minimum Gasteiger partial charge on any atom is -0.384 e. The number of nitrogens with one attached hydrogen (secondary N) is 1. The molecule has 1 aliphatic rings. The highest BCUT2D eigenvalue weighted by molar-refractivity contribution is 5.94. The second-order valence-corrected chi connectivity index (χ2v) is 5.15. The van der Waals surface area contributed by atoms with Gasteiger partial charge in [-0.1, -0.05) is 24.3 Å². The molecule has 3 N–H and O–H groups in total. The molecule has 102 valence electrons. The molecular formula is C16H17N3O. The molecule has 0 bridgehead atoms. The number of aromatic nitrogens is 1. The van der Waals surface area contributed by atoms with Gasteiger partial charge in [-0.25, -0.2) is 4.98 Å². The van der Waals surface area contributed by atoms with Gasteiger partial charge in [0.2, 0.25) is 0 Å². The number of carbonyl (C=O) groups is 1. The van der Waals surface area contributed by atoms with Gasteiger partial charge in [-0.15, -0.1) is 0 Å². The van der Waals surface area contributed by atoms with Gasteiger partial charge in [0.05, 0.1) is 5.56 Å². The average molecular weight is 267 g/mol. The number of amides is 1. The first-order valence-corrected chi connectivity index (χ1v) is 6.81. The maximum atomic E-state index is 12.1. The third kappa shape index (κ3) is 2.64. The van der Waals surface area contributed by atoms with Crippen LogP contribution in [0.1, 0.15) is 27.9 Å². The molecule has 1 heterocycles. The Kier molecular flexibility index (Phi) is 3.37. The first kappa shape index (κ1) is 12.7. The van der Waals surface area contributed by atoms with Crippen LogP contribution in [0, 0.1) is 0 Å². The van der Waals surface area contributed by atoms with E-state index in [-0.39, 0.29) is 11.9 Å². The van der Waals surface area contributed by atoms with Crippen molar-refractivity contribution in [1.82, 2.24) is 10.3 Å². The number of nitrogens with zero attached hydrogens (tertiary/aromatic N) is 1. The van der Waals surface area contributed by atoms with E-state index in [0.29, 0.717) is 11.4 Å². The Morgan fingerprint density at radius 1 is 1.20 bits per heavy atom. The van der Waals surface area contributed by atoms with Gasteiger partial charge in [0.25, 0.3) is 5.91 Å². The van der Waals surface area contributed by atoms with Crippen LogP contribution in [-0.4, -0.2) is 16.9 Å². The number of pyridine rings is 1. The fourth-order valence-corrected chi connectivity index (χ4v) is 2.63. The molecule has 0 radical (unpaired) electrons. The fourth-order valence-electron chi connectivity index (χ4n) is 2.63. The highest BCUT2D eigenvalue weighted by Gasteiger charge is 2.20. The number of hydrogen-bond donors (Lipinski definition) is 2. The molecule has 20 heavy (non-hydrogen) atoms. The molecular weight excluding hydrogens is 250 g/mol. The summed E-state index contributed by atoms with van der Waals surface area (Å²) in [5, 5.41) is 3.08. The summed E-state index contributed by atoms with van der Waals surface area (Å²) in [5.74, 6) is 0.343. The second-order valence-electron chi connectivity index (χ2n) is 5.15. The summed E-state index contributed by atoms with van der Waals surface area (Å²) >= 11 is 0. The topological polar surface area (TPSA) is 68.0 Å². The van der Waals surface area contributed by atoms with Crippen molar-refractivity contribution in [2.75, 3.05) is 5.73 Å². The lowest BCUT2D eigenvalue weighted by atomic mass is 9.88. The molecule has 0 saturated carbocycles. The van der Waals surface area contributed by atoms with Crippen LogP contribution >= 0.6 is 0 Å². The zero-order valence-corrected chi connectivity index (χ0v) is 11.2. The summed E-state index contributed by atoms with van der Waals surface area (Å²) in [6.45, 7) is 0. The van der Waals surface area contributed by atoms with Gasteiger partial charge in [-0.2, -0.15) is 0 Å². The molecule has 0 spiro atoms. The molecule has 1 atom stereocenters. The van der Waals surface area contributed by atoms with E-state index in [1.165, 1.54) is 17.3 Å². The molecule has 0 aliphatic heterocycles. The number of benzene rings is 1. The van der Waals surface area contributed by atoms with Crippen LogP contribution in [-0.2, 0) is 12.8 Å². The molecule has 0 fully saturated rings. The number of rotatable bonds is 2. The highest BCUT2D eigenvalue weighted by Crippen LogP contribution is 2.21. The third-order valence-electron chi connectivity index (χ3n) is 3.73. The van der Waals surface area contributed by atoms with E-state index in [4.69, 9.17) is 5.73 Å². The standard InChI is InChI=1S/C16H17N3O/c17-15-8-6-13(10-18-15)16(20)19-14-7-5-11-3-1-2-4-12(11)9-14/h1-4,6,8,10,14H,5,7,9H2,(H2,17,18)(H,19,20). The van der Waals surface area contributed by atoms with Crippen LogP contribution in [0.5, 0.6) is 0 Å². The molecule has 1 aromatic carbocycles. The van der Waals surface area contributed by atoms with Crippen LogP contribution in [0.25, 0.3) is 0 Å². The van der Waals surface area contributed by atoms with Crippen molar-refractivity contribution in [3.05, 3.63) is 59.3 Å². The minimum atomic E-state index is -0.0816. The number of fused-ring (bicyclic) bond motifs is 1. The van der Waals surface area contributed by atoms with Gasteiger partial charge in [-0.3, -0.25) is 4.79 Å². The van der Waals surface area contributed by atoms with Crippen molar-refractivity contribution in [3.63, 3.8) is 0 Å². The molecule has 4 heteroatoms. The lowest BCUT2D eigenvalue weighted by molar-refractivity contribution is 0.0933. The van der Waals surface area contributed by atoms with Crippen LogP contribution in [0.3, 0.4) is 0 Å². The van der Waals surface area contributed by atoms with E-state index in [1.54, 1.807) is 12.1 Å². The Morgan fingerprint density at radius 2 is 2.00 bits per heavy atom. The highest BCUT2D eigenvalue weighted by atomic mass is 16.1. The molecule has 3 rings (SSSR count). The molecule has 1 aliphatic carbocycles. The van der Waals surface area contributed by atoms with Crippen molar-refractivity contribution in [1.29, 1.82) is 0 Å². The van der Waals surface area contributed by atoms with E-state index < -0.39 is 0 Å². The molecule has 1 amide bonds. The Morgan fingerprint density at radius 3 is 2.75 bits per heavy atom. The predicted octanol–water partition coefficient (Wildman–Crippen LogP) is 1.95. The van der Waals surface area contributed by atoms with Crippen LogP contribution < -0.4 is 11.1 Å². The van der Waals surface area contributed by atoms with Crippen molar-refractivity contribution in [2.45, 2.75) is 25.3 Å². The van der Waals surface area contributed by atoms with Crippen LogP contribution in [0.15, 0.2) is 42.6 Å². The Balaban J connectivity index is 1.67. The number of aryl methyl sites for hydroxylation is 1.